The van der Waals surface area contributed by atoms with Gasteiger partial charge in [-0.2, -0.15) is 5.20 Å². The number of allylic oxidation sites excluding steroid dienone is 4. The third-order valence-corrected chi connectivity index (χ3v) is 8.59. The van der Waals surface area contributed by atoms with Crippen LogP contribution in [0.1, 0.15) is 80.7 Å². The zero-order valence-electron chi connectivity index (χ0n) is 19.5. The molecule has 0 bridgehead atoms. The molecule has 0 saturated heterocycles. The molecule has 0 radical (unpaired) electrons. The van der Waals surface area contributed by atoms with Crippen molar-refractivity contribution in [1.29, 1.82) is 0 Å². The van der Waals surface area contributed by atoms with E-state index >= 15 is 0 Å². The molecule has 0 atom stereocenters. The van der Waals surface area contributed by atoms with Gasteiger partial charge < -0.3 is 37.2 Å². The Morgan fingerprint density at radius 1 is 0.828 bits per heavy atom. The van der Waals surface area contributed by atoms with E-state index in [-0.39, 0.29) is 58.9 Å². The van der Waals surface area contributed by atoms with Crippen LogP contribution in [0.2, 0.25) is 0 Å². The molecule has 162 valence electrons. The predicted molar refractivity (Wildman–Crippen MR) is 116 cm³/mol. The van der Waals surface area contributed by atoms with Gasteiger partial charge in [0, 0.05) is 0 Å². The SMILES string of the molecule is CCCCCC1=C(C(C)C)[C-]=C([SiH2]c2c(C)c(C)c(C)c(C)c2C)C1.[Cl-].[Cl-].[Cl-].[Ti+4]. The number of rotatable bonds is 7. The van der Waals surface area contributed by atoms with Gasteiger partial charge in [-0.3, -0.25) is 6.08 Å². The molecule has 0 heterocycles. The number of hydrogen-bond acceptors (Lipinski definition) is 0. The molecule has 0 fully saturated rings. The summed E-state index contributed by atoms with van der Waals surface area (Å²) in [6, 6.07) is 0. The molecule has 1 aromatic carbocycles. The summed E-state index contributed by atoms with van der Waals surface area (Å²) in [5, 5.41) is 3.32. The number of benzene rings is 1. The molecule has 5 heteroatoms. The topological polar surface area (TPSA) is 0 Å². The minimum absolute atomic E-state index is 0. The summed E-state index contributed by atoms with van der Waals surface area (Å²) in [7, 11) is -0.412. The van der Waals surface area contributed by atoms with Crippen LogP contribution in [0.25, 0.3) is 0 Å². The molecule has 0 spiro atoms. The Morgan fingerprint density at radius 2 is 1.31 bits per heavy atom. The van der Waals surface area contributed by atoms with Gasteiger partial charge in [-0.25, -0.2) is 11.1 Å². The Hall–Kier alpha value is 0.501. The quantitative estimate of drug-likeness (QED) is 0.206. The third kappa shape index (κ3) is 8.17. The van der Waals surface area contributed by atoms with Crippen LogP contribution < -0.4 is 42.4 Å². The van der Waals surface area contributed by atoms with Gasteiger partial charge in [0.15, 0.2) is 0 Å². The zero-order chi connectivity index (χ0) is 18.7. The van der Waals surface area contributed by atoms with E-state index in [4.69, 9.17) is 0 Å². The first kappa shape index (κ1) is 34.1. The van der Waals surface area contributed by atoms with Crippen molar-refractivity contribution in [2.75, 3.05) is 0 Å². The molecule has 0 N–H and O–H groups in total. The zero-order valence-corrected chi connectivity index (χ0v) is 24.7. The average Bonchev–Trinajstić information content (AvgIpc) is 2.98. The fourth-order valence-electron chi connectivity index (χ4n) is 4.20. The van der Waals surface area contributed by atoms with Gasteiger partial charge in [-0.1, -0.05) is 64.0 Å². The Labute approximate surface area is 216 Å². The number of unbranched alkanes of at least 4 members (excludes halogenated alkanes) is 2. The fraction of sp³-hybridized carbons (Fsp3) is 0.583. The van der Waals surface area contributed by atoms with Crippen molar-refractivity contribution in [2.24, 2.45) is 5.92 Å². The summed E-state index contributed by atoms with van der Waals surface area (Å²) < 4.78 is 0. The molecule has 0 unspecified atom stereocenters. The van der Waals surface area contributed by atoms with Crippen molar-refractivity contribution in [2.45, 2.75) is 87.5 Å². The van der Waals surface area contributed by atoms with E-state index in [1.807, 2.05) is 0 Å². The van der Waals surface area contributed by atoms with Gasteiger partial charge in [0.05, 0.1) is 9.52 Å². The van der Waals surface area contributed by atoms with E-state index in [2.05, 4.69) is 61.5 Å². The van der Waals surface area contributed by atoms with E-state index in [1.165, 1.54) is 54.4 Å². The maximum Gasteiger partial charge on any atom is 4.00 e. The molecule has 0 amide bonds. The molecule has 1 aliphatic rings. The minimum atomic E-state index is -0.412. The third-order valence-electron chi connectivity index (χ3n) is 6.32. The molecule has 1 aliphatic carbocycles. The average molecular weight is 508 g/mol. The van der Waals surface area contributed by atoms with Gasteiger partial charge in [0.1, 0.15) is 0 Å². The van der Waals surface area contributed by atoms with E-state index in [0.717, 1.165) is 0 Å². The maximum absolute atomic E-state index is 3.88. The van der Waals surface area contributed by atoms with Crippen LogP contribution >= 0.6 is 0 Å². The van der Waals surface area contributed by atoms with Crippen molar-refractivity contribution in [3.8, 4) is 0 Å². The predicted octanol–water partition coefficient (Wildman–Crippen LogP) is -3.34. The first-order chi connectivity index (χ1) is 11.8. The van der Waals surface area contributed by atoms with Crippen molar-refractivity contribution in [3.63, 3.8) is 0 Å². The van der Waals surface area contributed by atoms with Crippen LogP contribution in [0.15, 0.2) is 16.3 Å². The Kier molecular flexibility index (Phi) is 18.0. The second kappa shape index (κ2) is 15.3. The molecule has 2 rings (SSSR count). The second-order valence-corrected chi connectivity index (χ2v) is 10.2. The van der Waals surface area contributed by atoms with Gasteiger partial charge >= 0.3 is 21.7 Å². The minimum Gasteiger partial charge on any atom is -1.00 e. The molecule has 29 heavy (non-hydrogen) atoms. The van der Waals surface area contributed by atoms with E-state index < -0.39 is 9.52 Å². The summed E-state index contributed by atoms with van der Waals surface area (Å²) in [5.74, 6) is 0.617. The van der Waals surface area contributed by atoms with Crippen LogP contribution in [0, 0.1) is 46.6 Å². The van der Waals surface area contributed by atoms with E-state index in [0.29, 0.717) is 5.92 Å². The standard InChI is InChI=1S/C24H37Si.3ClH.Ti/c1-9-10-11-12-21-13-22(14-23(21)15(2)3)25-24-19(7)17(5)16(4)18(6)20(24)8;;;;/h15H,9-13,25H2,1-8H3;3*1H;/q-1;;;;+4/p-3. The van der Waals surface area contributed by atoms with Crippen LogP contribution in [0.5, 0.6) is 0 Å². The smallest absolute Gasteiger partial charge is 1.00 e. The monoisotopic (exact) mass is 506 g/mol. The molecule has 0 nitrogen and oxygen atoms in total. The van der Waals surface area contributed by atoms with Gasteiger partial charge in [-0.05, 0) is 62.4 Å². The first-order valence-corrected chi connectivity index (χ1v) is 11.6. The normalized spacial score (nSPS) is 13.1. The Morgan fingerprint density at radius 3 is 1.76 bits per heavy atom. The Balaban J connectivity index is -0.00000169. The molecule has 0 saturated carbocycles. The van der Waals surface area contributed by atoms with Gasteiger partial charge in [-0.15, -0.1) is 0 Å². The van der Waals surface area contributed by atoms with Crippen molar-refractivity contribution in [1.82, 2.24) is 0 Å². The van der Waals surface area contributed by atoms with Crippen LogP contribution in [-0.2, 0) is 21.7 Å². The van der Waals surface area contributed by atoms with E-state index in [9.17, 15) is 0 Å². The van der Waals surface area contributed by atoms with Gasteiger partial charge in [0.2, 0.25) is 0 Å². The summed E-state index contributed by atoms with van der Waals surface area (Å²) in [5.41, 5.74) is 10.8. The molecule has 0 aliphatic heterocycles. The Bertz CT molecular complexity index is 692. The fourth-order valence-corrected chi connectivity index (χ4v) is 6.40. The van der Waals surface area contributed by atoms with Gasteiger partial charge in [0.25, 0.3) is 0 Å². The maximum atomic E-state index is 3.88. The second-order valence-electron chi connectivity index (χ2n) is 8.31. The van der Waals surface area contributed by atoms with Crippen molar-refractivity contribution < 1.29 is 58.9 Å². The molecular formula is C24H37Cl3SiTi. The largest absolute Gasteiger partial charge is 4.00 e. The molecule has 1 aromatic rings. The van der Waals surface area contributed by atoms with Crippen LogP contribution in [0.3, 0.4) is 0 Å². The summed E-state index contributed by atoms with van der Waals surface area (Å²) in [6.45, 7) is 18.5. The summed E-state index contributed by atoms with van der Waals surface area (Å²) in [4.78, 5) is 0. The van der Waals surface area contributed by atoms with Crippen LogP contribution in [-0.4, -0.2) is 9.52 Å². The molecule has 0 aromatic heterocycles. The van der Waals surface area contributed by atoms with Crippen molar-refractivity contribution >= 4 is 14.7 Å². The number of halogens is 3. The van der Waals surface area contributed by atoms with E-state index in [1.54, 1.807) is 27.1 Å². The van der Waals surface area contributed by atoms with Crippen molar-refractivity contribution in [3.05, 3.63) is 50.2 Å². The summed E-state index contributed by atoms with van der Waals surface area (Å²) in [6.07, 6.45) is 10.4. The number of hydrogen-bond donors (Lipinski definition) is 0. The summed E-state index contributed by atoms with van der Waals surface area (Å²) >= 11 is 0. The molecular weight excluding hydrogens is 471 g/mol. The first-order valence-electron chi connectivity index (χ1n) is 10.2. The van der Waals surface area contributed by atoms with Crippen LogP contribution in [0.4, 0.5) is 0 Å².